The van der Waals surface area contributed by atoms with Crippen LogP contribution >= 0.6 is 0 Å². The van der Waals surface area contributed by atoms with Gasteiger partial charge in [-0.3, -0.25) is 14.5 Å². The van der Waals surface area contributed by atoms with E-state index in [2.05, 4.69) is 0 Å². The number of rotatable bonds is 5. The van der Waals surface area contributed by atoms with Crippen molar-refractivity contribution in [2.75, 3.05) is 19.5 Å². The Morgan fingerprint density at radius 2 is 1.96 bits per heavy atom. The van der Waals surface area contributed by atoms with E-state index in [1.165, 1.54) is 7.11 Å². The highest BCUT2D eigenvalue weighted by atomic mass is 32.2. The van der Waals surface area contributed by atoms with Crippen LogP contribution in [0.15, 0.2) is 11.3 Å². The molecule has 1 amide bonds. The lowest BCUT2D eigenvalue weighted by Crippen LogP contribution is -2.70. The SMILES string of the molecule is CO[C@H]1C(=O)N2C(C(=O)OC(C)C)=C(COC(C)=O)CS(=O)(=O)[C@H]12. The Labute approximate surface area is 139 Å². The Balaban J connectivity index is 2.48. The fraction of sp³-hybridized carbons (Fsp3) is 0.643. The lowest BCUT2D eigenvalue weighted by molar-refractivity contribution is -0.165. The lowest BCUT2D eigenvalue weighted by atomic mass is 10.1. The monoisotopic (exact) mass is 361 g/mol. The molecule has 134 valence electrons. The summed E-state index contributed by atoms with van der Waals surface area (Å²) in [6.07, 6.45) is -1.63. The summed E-state index contributed by atoms with van der Waals surface area (Å²) < 4.78 is 39.6. The number of methoxy groups -OCH3 is 1. The Morgan fingerprint density at radius 3 is 2.46 bits per heavy atom. The number of fused-ring (bicyclic) bond motifs is 1. The molecule has 0 radical (unpaired) electrons. The van der Waals surface area contributed by atoms with Crippen LogP contribution < -0.4 is 0 Å². The van der Waals surface area contributed by atoms with Gasteiger partial charge in [0.25, 0.3) is 5.91 Å². The topological polar surface area (TPSA) is 116 Å². The molecule has 10 heteroatoms. The Kier molecular flexibility index (Phi) is 5.00. The Bertz CT molecular complexity index is 708. The lowest BCUT2D eigenvalue weighted by Gasteiger charge is -2.48. The van der Waals surface area contributed by atoms with Gasteiger partial charge >= 0.3 is 11.9 Å². The predicted molar refractivity (Wildman–Crippen MR) is 80.1 cm³/mol. The molecule has 9 nitrogen and oxygen atoms in total. The molecule has 2 heterocycles. The van der Waals surface area contributed by atoms with Gasteiger partial charge in [-0.1, -0.05) is 0 Å². The average molecular weight is 361 g/mol. The van der Waals surface area contributed by atoms with E-state index < -0.39 is 57.6 Å². The highest BCUT2D eigenvalue weighted by Gasteiger charge is 2.60. The fourth-order valence-corrected chi connectivity index (χ4v) is 4.63. The molecule has 0 bridgehead atoms. The van der Waals surface area contributed by atoms with Gasteiger partial charge in [-0.15, -0.1) is 0 Å². The number of ether oxygens (including phenoxy) is 3. The van der Waals surface area contributed by atoms with Crippen molar-refractivity contribution in [2.45, 2.75) is 38.4 Å². The number of nitrogens with zero attached hydrogens (tertiary/aromatic N) is 1. The maximum atomic E-state index is 12.4. The first kappa shape index (κ1) is 18.4. The smallest absolute Gasteiger partial charge is 0.355 e. The third kappa shape index (κ3) is 3.16. The molecule has 1 saturated heterocycles. The third-order valence-corrected chi connectivity index (χ3v) is 5.50. The summed E-state index contributed by atoms with van der Waals surface area (Å²) in [6, 6.07) is 0. The molecule has 2 aliphatic rings. The van der Waals surface area contributed by atoms with Crippen LogP contribution in [-0.4, -0.2) is 68.2 Å². The van der Waals surface area contributed by atoms with Gasteiger partial charge in [-0.25, -0.2) is 13.2 Å². The molecule has 24 heavy (non-hydrogen) atoms. The van der Waals surface area contributed by atoms with Gasteiger partial charge in [0.05, 0.1) is 11.9 Å². The van der Waals surface area contributed by atoms with E-state index in [1.54, 1.807) is 13.8 Å². The van der Waals surface area contributed by atoms with Crippen molar-refractivity contribution in [3.63, 3.8) is 0 Å². The fourth-order valence-electron chi connectivity index (χ4n) is 2.62. The van der Waals surface area contributed by atoms with Crippen LogP contribution in [0.25, 0.3) is 0 Å². The van der Waals surface area contributed by atoms with E-state index >= 15 is 0 Å². The van der Waals surface area contributed by atoms with Crippen molar-refractivity contribution in [1.29, 1.82) is 0 Å². The Morgan fingerprint density at radius 1 is 1.33 bits per heavy atom. The molecule has 0 spiro atoms. The van der Waals surface area contributed by atoms with Gasteiger partial charge in [0.1, 0.15) is 12.3 Å². The van der Waals surface area contributed by atoms with Crippen molar-refractivity contribution in [1.82, 2.24) is 4.90 Å². The van der Waals surface area contributed by atoms with Crippen LogP contribution in [-0.2, 0) is 38.4 Å². The Hall–Kier alpha value is -1.94. The van der Waals surface area contributed by atoms with E-state index in [-0.39, 0.29) is 11.3 Å². The summed E-state index contributed by atoms with van der Waals surface area (Å²) in [5.41, 5.74) is -0.182. The molecule has 0 aromatic rings. The van der Waals surface area contributed by atoms with E-state index in [0.29, 0.717) is 0 Å². The summed E-state index contributed by atoms with van der Waals surface area (Å²) in [6.45, 7) is 3.99. The molecule has 0 saturated carbocycles. The maximum Gasteiger partial charge on any atom is 0.355 e. The van der Waals surface area contributed by atoms with Crippen LogP contribution in [0.4, 0.5) is 0 Å². The van der Waals surface area contributed by atoms with Gasteiger partial charge in [-0.05, 0) is 13.8 Å². The number of β-lactam (4-membered cyclic amide) rings is 1. The number of hydrogen-bond acceptors (Lipinski definition) is 8. The van der Waals surface area contributed by atoms with Crippen molar-refractivity contribution in [3.05, 3.63) is 11.3 Å². The van der Waals surface area contributed by atoms with Crippen LogP contribution in [0.1, 0.15) is 20.8 Å². The van der Waals surface area contributed by atoms with Crippen molar-refractivity contribution in [3.8, 4) is 0 Å². The minimum atomic E-state index is -3.79. The zero-order valence-corrected chi connectivity index (χ0v) is 14.6. The van der Waals surface area contributed by atoms with E-state index in [9.17, 15) is 22.8 Å². The molecule has 0 aromatic heterocycles. The number of carbonyl (C=O) groups excluding carboxylic acids is 3. The van der Waals surface area contributed by atoms with Gasteiger partial charge in [0, 0.05) is 19.6 Å². The van der Waals surface area contributed by atoms with Crippen molar-refractivity contribution < 1.29 is 37.0 Å². The number of carbonyl (C=O) groups is 3. The quantitative estimate of drug-likeness (QED) is 0.469. The first-order valence-corrected chi connectivity index (χ1v) is 8.95. The van der Waals surface area contributed by atoms with E-state index in [0.717, 1.165) is 11.8 Å². The molecule has 0 aliphatic carbocycles. The molecule has 0 aromatic carbocycles. The first-order chi connectivity index (χ1) is 11.1. The zero-order chi connectivity index (χ0) is 18.2. The molecule has 2 aliphatic heterocycles. The number of hydrogen-bond donors (Lipinski definition) is 0. The molecule has 2 atom stereocenters. The molecular formula is C14H19NO8S. The van der Waals surface area contributed by atoms with Gasteiger partial charge in [0.15, 0.2) is 21.3 Å². The molecule has 1 fully saturated rings. The van der Waals surface area contributed by atoms with Crippen LogP contribution in [0.5, 0.6) is 0 Å². The van der Waals surface area contributed by atoms with Gasteiger partial charge < -0.3 is 14.2 Å². The zero-order valence-electron chi connectivity index (χ0n) is 13.8. The molecular weight excluding hydrogens is 342 g/mol. The highest BCUT2D eigenvalue weighted by molar-refractivity contribution is 7.92. The number of amides is 1. The summed E-state index contributed by atoms with van der Waals surface area (Å²) in [5, 5.41) is -1.27. The van der Waals surface area contributed by atoms with E-state index in [1.807, 2.05) is 0 Å². The standard InChI is InChI=1S/C14H19NO8S/c1-7(2)23-14(18)10-9(5-22-8(3)16)6-24(19,20)13-11(21-4)12(17)15(10)13/h7,11,13H,5-6H2,1-4H3/t11-,13+/m0/s1. The predicted octanol–water partition coefficient (Wildman–Crippen LogP) is -0.633. The average Bonchev–Trinajstić information content (AvgIpc) is 2.44. The summed E-state index contributed by atoms with van der Waals surface area (Å²) >= 11 is 0. The summed E-state index contributed by atoms with van der Waals surface area (Å²) in [5.74, 6) is -2.64. The second kappa shape index (κ2) is 6.52. The largest absolute Gasteiger partial charge is 0.461 e. The van der Waals surface area contributed by atoms with E-state index in [4.69, 9.17) is 14.2 Å². The maximum absolute atomic E-state index is 12.4. The van der Waals surface area contributed by atoms with Crippen molar-refractivity contribution >= 4 is 27.7 Å². The summed E-state index contributed by atoms with van der Waals surface area (Å²) in [4.78, 5) is 36.4. The molecule has 2 rings (SSSR count). The second-order valence-electron chi connectivity index (χ2n) is 5.75. The molecule has 0 N–H and O–H groups in total. The van der Waals surface area contributed by atoms with Gasteiger partial charge in [-0.2, -0.15) is 0 Å². The number of esters is 2. The highest BCUT2D eigenvalue weighted by Crippen LogP contribution is 2.38. The minimum absolute atomic E-state index is 0.00926. The van der Waals surface area contributed by atoms with Crippen LogP contribution in [0.2, 0.25) is 0 Å². The normalized spacial score (nSPS) is 25.2. The van der Waals surface area contributed by atoms with Crippen LogP contribution in [0, 0.1) is 0 Å². The number of sulfone groups is 1. The first-order valence-electron chi connectivity index (χ1n) is 7.24. The van der Waals surface area contributed by atoms with Crippen molar-refractivity contribution in [2.24, 2.45) is 0 Å². The third-order valence-electron chi connectivity index (χ3n) is 3.55. The summed E-state index contributed by atoms with van der Waals surface area (Å²) in [7, 11) is -2.57. The van der Waals surface area contributed by atoms with Crippen LogP contribution in [0.3, 0.4) is 0 Å². The minimum Gasteiger partial charge on any atom is -0.461 e. The molecule has 0 unspecified atom stereocenters. The van der Waals surface area contributed by atoms with Gasteiger partial charge in [0.2, 0.25) is 0 Å². The second-order valence-corrected chi connectivity index (χ2v) is 7.85.